The van der Waals surface area contributed by atoms with Gasteiger partial charge in [0.15, 0.2) is 0 Å². The zero-order valence-corrected chi connectivity index (χ0v) is 14.3. The molecule has 0 aliphatic heterocycles. The van der Waals surface area contributed by atoms with Crippen molar-refractivity contribution >= 4 is 0 Å². The summed E-state index contributed by atoms with van der Waals surface area (Å²) in [5.74, 6) is 0.999. The van der Waals surface area contributed by atoms with Crippen LogP contribution in [0.1, 0.15) is 58.4 Å². The van der Waals surface area contributed by atoms with E-state index >= 15 is 0 Å². The smallest absolute Gasteiger partial charge is 0.0934 e. The monoisotopic (exact) mass is 302 g/mol. The van der Waals surface area contributed by atoms with E-state index in [2.05, 4.69) is 27.4 Å². The summed E-state index contributed by atoms with van der Waals surface area (Å²) < 4.78 is 5.20. The van der Waals surface area contributed by atoms with E-state index in [9.17, 15) is 5.11 Å². The summed E-state index contributed by atoms with van der Waals surface area (Å²) in [4.78, 5) is 0. The molecule has 2 heteroatoms. The number of aryl methyl sites for hydroxylation is 1. The van der Waals surface area contributed by atoms with E-state index in [-0.39, 0.29) is 11.5 Å². The molecule has 2 saturated carbocycles. The molecule has 2 nitrogen and oxygen atoms in total. The number of hydrogen-bond donors (Lipinski definition) is 1. The van der Waals surface area contributed by atoms with Crippen molar-refractivity contribution in [2.24, 2.45) is 22.7 Å². The lowest BCUT2D eigenvalue weighted by atomic mass is 9.46. The van der Waals surface area contributed by atoms with E-state index in [1.165, 1.54) is 24.8 Å². The van der Waals surface area contributed by atoms with Gasteiger partial charge in [0.05, 0.1) is 18.6 Å². The fourth-order valence-electron chi connectivity index (χ4n) is 5.46. The van der Waals surface area contributed by atoms with Crippen molar-refractivity contribution < 1.29 is 9.52 Å². The number of furan rings is 1. The van der Waals surface area contributed by atoms with Crippen molar-refractivity contribution in [3.8, 4) is 0 Å². The predicted molar refractivity (Wildman–Crippen MR) is 89.5 cm³/mol. The first-order valence-corrected chi connectivity index (χ1v) is 8.72. The number of fused-ring (bicyclic) bond motifs is 1. The van der Waals surface area contributed by atoms with Crippen LogP contribution in [0.3, 0.4) is 0 Å². The van der Waals surface area contributed by atoms with Crippen LogP contribution in [0.5, 0.6) is 0 Å². The van der Waals surface area contributed by atoms with Gasteiger partial charge >= 0.3 is 0 Å². The number of hydrogen-bond acceptors (Lipinski definition) is 2. The van der Waals surface area contributed by atoms with E-state index in [4.69, 9.17) is 4.42 Å². The maximum Gasteiger partial charge on any atom is 0.0934 e. The third-order valence-corrected chi connectivity index (χ3v) is 6.71. The molecule has 122 valence electrons. The molecule has 0 saturated heterocycles. The van der Waals surface area contributed by atoms with E-state index in [0.29, 0.717) is 17.3 Å². The third-order valence-electron chi connectivity index (χ3n) is 6.71. The second-order valence-corrected chi connectivity index (χ2v) is 8.45. The fraction of sp³-hybridized carbons (Fsp3) is 0.700. The van der Waals surface area contributed by atoms with Crippen molar-refractivity contribution in [3.63, 3.8) is 0 Å². The van der Waals surface area contributed by atoms with Crippen molar-refractivity contribution in [2.45, 2.75) is 65.4 Å². The third kappa shape index (κ3) is 2.56. The standard InChI is InChI=1S/C20H30O2/c1-14-16(7-6-15-8-11-22-13-15)20(4)10-5-9-19(2,3)18(20)12-17(14)21/h8,11,13,16-18,21H,1,5-7,9-10,12H2,2-4H3. The van der Waals surface area contributed by atoms with Gasteiger partial charge in [-0.15, -0.1) is 0 Å². The first kappa shape index (κ1) is 15.9. The molecule has 2 fully saturated rings. The second-order valence-electron chi connectivity index (χ2n) is 8.45. The highest BCUT2D eigenvalue weighted by molar-refractivity contribution is 5.21. The number of aliphatic hydroxyl groups excluding tert-OH is 1. The SMILES string of the molecule is C=C1C(O)CC2C(C)(C)CCCC2(C)C1CCc1ccoc1. The molecule has 0 aromatic carbocycles. The largest absolute Gasteiger partial charge is 0.472 e. The van der Waals surface area contributed by atoms with Crippen LogP contribution >= 0.6 is 0 Å². The Morgan fingerprint density at radius 3 is 2.77 bits per heavy atom. The maximum absolute atomic E-state index is 10.6. The van der Waals surface area contributed by atoms with Gasteiger partial charge in [-0.1, -0.05) is 33.8 Å². The van der Waals surface area contributed by atoms with Gasteiger partial charge < -0.3 is 9.52 Å². The normalized spacial score (nSPS) is 37.8. The Balaban J connectivity index is 1.86. The van der Waals surface area contributed by atoms with Crippen molar-refractivity contribution in [1.82, 2.24) is 0 Å². The molecule has 0 amide bonds. The minimum Gasteiger partial charge on any atom is -0.472 e. The van der Waals surface area contributed by atoms with Crippen molar-refractivity contribution in [2.75, 3.05) is 0 Å². The van der Waals surface area contributed by atoms with Crippen molar-refractivity contribution in [1.29, 1.82) is 0 Å². The molecule has 0 radical (unpaired) electrons. The summed E-state index contributed by atoms with van der Waals surface area (Å²) in [6.07, 6.45) is 10.1. The molecule has 1 heterocycles. The summed E-state index contributed by atoms with van der Waals surface area (Å²) in [6, 6.07) is 2.05. The Kier molecular flexibility index (Phi) is 4.01. The molecule has 1 aromatic rings. The van der Waals surface area contributed by atoms with Crippen molar-refractivity contribution in [3.05, 3.63) is 36.3 Å². The number of rotatable bonds is 3. The molecular formula is C20H30O2. The lowest BCUT2D eigenvalue weighted by molar-refractivity contribution is -0.0834. The Morgan fingerprint density at radius 1 is 1.32 bits per heavy atom. The lowest BCUT2D eigenvalue weighted by Gasteiger charge is -2.59. The van der Waals surface area contributed by atoms with Crippen LogP contribution in [0, 0.1) is 22.7 Å². The van der Waals surface area contributed by atoms with Gasteiger partial charge in [-0.25, -0.2) is 0 Å². The van der Waals surface area contributed by atoms with Crippen LogP contribution in [0.15, 0.2) is 35.2 Å². The van der Waals surface area contributed by atoms with Gasteiger partial charge in [0.1, 0.15) is 0 Å². The quantitative estimate of drug-likeness (QED) is 0.799. The van der Waals surface area contributed by atoms with Crippen LogP contribution in [-0.4, -0.2) is 11.2 Å². The van der Waals surface area contributed by atoms with Crippen LogP contribution in [0.4, 0.5) is 0 Å². The van der Waals surface area contributed by atoms with E-state index < -0.39 is 0 Å². The van der Waals surface area contributed by atoms with Gasteiger partial charge in [0.25, 0.3) is 0 Å². The molecule has 22 heavy (non-hydrogen) atoms. The minimum absolute atomic E-state index is 0.280. The predicted octanol–water partition coefficient (Wildman–Crippen LogP) is 4.98. The molecule has 1 N–H and O–H groups in total. The Hall–Kier alpha value is -1.02. The summed E-state index contributed by atoms with van der Waals surface area (Å²) in [7, 11) is 0. The topological polar surface area (TPSA) is 33.4 Å². The highest BCUT2D eigenvalue weighted by atomic mass is 16.3. The summed E-state index contributed by atoms with van der Waals surface area (Å²) >= 11 is 0. The minimum atomic E-state index is -0.329. The Bertz CT molecular complexity index is 528. The highest BCUT2D eigenvalue weighted by Crippen LogP contribution is 2.61. The maximum atomic E-state index is 10.6. The van der Waals surface area contributed by atoms with Gasteiger partial charge in [0.2, 0.25) is 0 Å². The van der Waals surface area contributed by atoms with E-state index in [1.807, 2.05) is 12.3 Å². The van der Waals surface area contributed by atoms with Gasteiger partial charge in [-0.05, 0) is 72.0 Å². The highest BCUT2D eigenvalue weighted by Gasteiger charge is 2.54. The van der Waals surface area contributed by atoms with Crippen LogP contribution in [0.25, 0.3) is 0 Å². The van der Waals surface area contributed by atoms with Crippen LogP contribution in [0.2, 0.25) is 0 Å². The zero-order chi connectivity index (χ0) is 16.0. The average Bonchev–Trinajstić information content (AvgIpc) is 2.94. The molecular weight excluding hydrogens is 272 g/mol. The molecule has 0 bridgehead atoms. The Morgan fingerprint density at radius 2 is 2.09 bits per heavy atom. The van der Waals surface area contributed by atoms with Crippen LogP contribution < -0.4 is 0 Å². The first-order chi connectivity index (χ1) is 10.3. The lowest BCUT2D eigenvalue weighted by Crippen LogP contribution is -2.52. The zero-order valence-electron chi connectivity index (χ0n) is 14.3. The van der Waals surface area contributed by atoms with Gasteiger partial charge in [-0.3, -0.25) is 0 Å². The molecule has 1 aromatic heterocycles. The first-order valence-electron chi connectivity index (χ1n) is 8.72. The molecule has 3 rings (SSSR count). The molecule has 2 aliphatic carbocycles. The molecule has 4 atom stereocenters. The second kappa shape index (κ2) is 5.56. The van der Waals surface area contributed by atoms with Gasteiger partial charge in [-0.2, -0.15) is 0 Å². The summed E-state index contributed by atoms with van der Waals surface area (Å²) in [6.45, 7) is 11.5. The summed E-state index contributed by atoms with van der Waals surface area (Å²) in [5, 5.41) is 10.6. The fourth-order valence-corrected chi connectivity index (χ4v) is 5.46. The molecule has 0 spiro atoms. The van der Waals surface area contributed by atoms with Gasteiger partial charge in [0, 0.05) is 0 Å². The Labute approximate surface area is 134 Å². The van der Waals surface area contributed by atoms with E-state index in [0.717, 1.165) is 24.8 Å². The van der Waals surface area contributed by atoms with E-state index in [1.54, 1.807) is 6.26 Å². The van der Waals surface area contributed by atoms with Crippen LogP contribution in [-0.2, 0) is 6.42 Å². The average molecular weight is 302 g/mol. The molecule has 4 unspecified atom stereocenters. The molecule has 2 aliphatic rings. The summed E-state index contributed by atoms with van der Waals surface area (Å²) in [5.41, 5.74) is 2.92. The number of aliphatic hydroxyl groups is 1.